The van der Waals surface area contributed by atoms with Gasteiger partial charge >= 0.3 is 5.82 Å². The fraction of sp³-hybridized carbons (Fsp3) is 0.308. The SMILES string of the molecule is [Br-].c1ccc(C[n+]2cc[nH]c2C2OCCO2)cc1. The molecule has 0 unspecified atom stereocenters. The summed E-state index contributed by atoms with van der Waals surface area (Å²) in [6.45, 7) is 2.15. The molecule has 0 saturated carbocycles. The molecular weight excluding hydrogens is 296 g/mol. The highest BCUT2D eigenvalue weighted by molar-refractivity contribution is 5.13. The van der Waals surface area contributed by atoms with Gasteiger partial charge in [0, 0.05) is 0 Å². The van der Waals surface area contributed by atoms with E-state index in [1.165, 1.54) is 5.56 Å². The number of aromatic nitrogens is 2. The van der Waals surface area contributed by atoms with Gasteiger partial charge < -0.3 is 26.5 Å². The maximum atomic E-state index is 5.50. The summed E-state index contributed by atoms with van der Waals surface area (Å²) in [5, 5.41) is 0. The molecule has 1 saturated heterocycles. The maximum Gasteiger partial charge on any atom is 0.312 e. The number of nitrogens with zero attached hydrogens (tertiary/aromatic N) is 1. The van der Waals surface area contributed by atoms with Crippen molar-refractivity contribution in [1.82, 2.24) is 4.98 Å². The molecule has 1 aliphatic heterocycles. The molecule has 0 bridgehead atoms. The smallest absolute Gasteiger partial charge is 0.312 e. The van der Waals surface area contributed by atoms with Crippen molar-refractivity contribution in [1.29, 1.82) is 0 Å². The standard InChI is InChI=1S/C13H14N2O2.BrH/c1-2-4-11(5-3-1)10-15-7-6-14-12(15)13-16-8-9-17-13;/h1-7,13H,8-10H2;1H. The van der Waals surface area contributed by atoms with Crippen LogP contribution in [0.5, 0.6) is 0 Å². The van der Waals surface area contributed by atoms with Crippen LogP contribution in [0.25, 0.3) is 0 Å². The molecule has 4 nitrogen and oxygen atoms in total. The second-order valence-corrected chi connectivity index (χ2v) is 4.03. The van der Waals surface area contributed by atoms with Crippen molar-refractivity contribution in [3.63, 3.8) is 0 Å². The molecule has 0 radical (unpaired) electrons. The summed E-state index contributed by atoms with van der Waals surface area (Å²) in [5.74, 6) is 0.964. The highest BCUT2D eigenvalue weighted by Crippen LogP contribution is 2.18. The van der Waals surface area contributed by atoms with Crippen molar-refractivity contribution in [2.24, 2.45) is 0 Å². The number of rotatable bonds is 3. The molecule has 1 N–H and O–H groups in total. The third kappa shape index (κ3) is 2.80. The fourth-order valence-corrected chi connectivity index (χ4v) is 2.01. The minimum absolute atomic E-state index is 0. The lowest BCUT2D eigenvalue weighted by Crippen LogP contribution is -3.00. The van der Waals surface area contributed by atoms with Crippen molar-refractivity contribution < 1.29 is 31.0 Å². The summed E-state index contributed by atoms with van der Waals surface area (Å²) in [6.07, 6.45) is 3.66. The molecule has 0 spiro atoms. The molecule has 0 atom stereocenters. The van der Waals surface area contributed by atoms with Gasteiger partial charge in [0.15, 0.2) is 0 Å². The van der Waals surface area contributed by atoms with Crippen molar-refractivity contribution in [3.05, 3.63) is 54.1 Å². The van der Waals surface area contributed by atoms with Gasteiger partial charge in [-0.2, -0.15) is 0 Å². The molecule has 0 amide bonds. The minimum Gasteiger partial charge on any atom is -1.00 e. The molecule has 96 valence electrons. The van der Waals surface area contributed by atoms with Crippen LogP contribution in [0.3, 0.4) is 0 Å². The number of ether oxygens (including phenoxy) is 2. The summed E-state index contributed by atoms with van der Waals surface area (Å²) >= 11 is 0. The van der Waals surface area contributed by atoms with E-state index in [-0.39, 0.29) is 23.3 Å². The number of hydrogen-bond acceptors (Lipinski definition) is 2. The normalized spacial score (nSPS) is 15.6. The Kier molecular flexibility index (Phi) is 4.52. The Morgan fingerprint density at radius 1 is 1.17 bits per heavy atom. The molecule has 2 aromatic rings. The number of benzene rings is 1. The molecule has 1 fully saturated rings. The van der Waals surface area contributed by atoms with Crippen molar-refractivity contribution in [3.8, 4) is 0 Å². The summed E-state index contributed by atoms with van der Waals surface area (Å²) in [7, 11) is 0. The van der Waals surface area contributed by atoms with E-state index in [2.05, 4.69) is 21.7 Å². The molecule has 1 aromatic carbocycles. The highest BCUT2D eigenvalue weighted by atomic mass is 79.9. The van der Waals surface area contributed by atoms with Gasteiger partial charge in [-0.15, -0.1) is 0 Å². The first kappa shape index (κ1) is 13.3. The minimum atomic E-state index is -0.256. The molecule has 2 heterocycles. The number of imidazole rings is 1. The van der Waals surface area contributed by atoms with Crippen LogP contribution < -0.4 is 21.5 Å². The van der Waals surface area contributed by atoms with Gasteiger partial charge in [0.25, 0.3) is 6.29 Å². The van der Waals surface area contributed by atoms with Crippen LogP contribution in [0.2, 0.25) is 0 Å². The molecule has 0 aliphatic carbocycles. The van der Waals surface area contributed by atoms with Gasteiger partial charge in [0.05, 0.1) is 13.2 Å². The number of H-pyrrole nitrogens is 1. The predicted octanol–water partition coefficient (Wildman–Crippen LogP) is -1.60. The zero-order valence-corrected chi connectivity index (χ0v) is 11.5. The number of hydrogen-bond donors (Lipinski definition) is 1. The number of nitrogens with one attached hydrogen (secondary N) is 1. The average molecular weight is 311 g/mol. The first-order chi connectivity index (χ1) is 8.43. The first-order valence-corrected chi connectivity index (χ1v) is 5.77. The zero-order valence-electron chi connectivity index (χ0n) is 9.88. The lowest BCUT2D eigenvalue weighted by molar-refractivity contribution is -0.700. The Morgan fingerprint density at radius 2 is 1.89 bits per heavy atom. The van der Waals surface area contributed by atoms with Crippen LogP contribution in [0.1, 0.15) is 17.7 Å². The van der Waals surface area contributed by atoms with Gasteiger partial charge in [-0.05, 0) is 5.56 Å². The molecule has 1 aliphatic rings. The lowest BCUT2D eigenvalue weighted by atomic mass is 10.2. The fourth-order valence-electron chi connectivity index (χ4n) is 2.01. The maximum absolute atomic E-state index is 5.50. The predicted molar refractivity (Wildman–Crippen MR) is 61.2 cm³/mol. The molecule has 18 heavy (non-hydrogen) atoms. The molecule has 3 rings (SSSR count). The Hall–Kier alpha value is -1.17. The van der Waals surface area contributed by atoms with Gasteiger partial charge in [0.2, 0.25) is 0 Å². The summed E-state index contributed by atoms with van der Waals surface area (Å²) in [5.41, 5.74) is 1.26. The molecular formula is C13H15BrN2O2. The van der Waals surface area contributed by atoms with Crippen LogP contribution in [-0.2, 0) is 16.0 Å². The first-order valence-electron chi connectivity index (χ1n) is 5.77. The van der Waals surface area contributed by atoms with Crippen LogP contribution in [0.15, 0.2) is 42.7 Å². The summed E-state index contributed by atoms with van der Waals surface area (Å²) in [4.78, 5) is 3.18. The monoisotopic (exact) mass is 310 g/mol. The van der Waals surface area contributed by atoms with Gasteiger partial charge in [0.1, 0.15) is 18.9 Å². The van der Waals surface area contributed by atoms with Gasteiger partial charge in [-0.1, -0.05) is 30.3 Å². The number of halogens is 1. The van der Waals surface area contributed by atoms with E-state index < -0.39 is 0 Å². The Labute approximate surface area is 116 Å². The van der Waals surface area contributed by atoms with Gasteiger partial charge in [-0.25, -0.2) is 9.55 Å². The molecule has 1 aromatic heterocycles. The zero-order chi connectivity index (χ0) is 11.5. The quantitative estimate of drug-likeness (QED) is 0.694. The third-order valence-electron chi connectivity index (χ3n) is 2.84. The van der Waals surface area contributed by atoms with E-state index in [0.717, 1.165) is 12.4 Å². The van der Waals surface area contributed by atoms with E-state index >= 15 is 0 Å². The molecule has 5 heteroatoms. The average Bonchev–Trinajstić information content (AvgIpc) is 3.00. The lowest BCUT2D eigenvalue weighted by Gasteiger charge is -2.06. The Morgan fingerprint density at radius 3 is 2.61 bits per heavy atom. The van der Waals surface area contributed by atoms with E-state index in [9.17, 15) is 0 Å². The van der Waals surface area contributed by atoms with E-state index in [0.29, 0.717) is 13.2 Å². The van der Waals surface area contributed by atoms with Crippen LogP contribution in [0, 0.1) is 0 Å². The Balaban J connectivity index is 0.00000120. The van der Waals surface area contributed by atoms with E-state index in [1.54, 1.807) is 0 Å². The summed E-state index contributed by atoms with van der Waals surface area (Å²) < 4.78 is 13.1. The van der Waals surface area contributed by atoms with Crippen molar-refractivity contribution in [2.45, 2.75) is 12.8 Å². The summed E-state index contributed by atoms with van der Waals surface area (Å²) in [6, 6.07) is 10.3. The number of aromatic amines is 1. The Bertz CT molecular complexity index is 481. The largest absolute Gasteiger partial charge is 1.00 e. The topological polar surface area (TPSA) is 38.1 Å². The van der Waals surface area contributed by atoms with Crippen molar-refractivity contribution >= 4 is 0 Å². The van der Waals surface area contributed by atoms with Crippen LogP contribution in [0.4, 0.5) is 0 Å². The van der Waals surface area contributed by atoms with E-state index in [4.69, 9.17) is 9.47 Å². The highest BCUT2D eigenvalue weighted by Gasteiger charge is 2.28. The second kappa shape index (κ2) is 6.13. The van der Waals surface area contributed by atoms with E-state index in [1.807, 2.05) is 30.6 Å². The van der Waals surface area contributed by atoms with Crippen LogP contribution >= 0.6 is 0 Å². The van der Waals surface area contributed by atoms with Crippen LogP contribution in [-0.4, -0.2) is 18.2 Å². The van der Waals surface area contributed by atoms with Crippen molar-refractivity contribution in [2.75, 3.05) is 13.2 Å². The van der Waals surface area contributed by atoms with Gasteiger partial charge in [-0.3, -0.25) is 0 Å². The third-order valence-corrected chi connectivity index (χ3v) is 2.84. The second-order valence-electron chi connectivity index (χ2n) is 4.03.